The summed E-state index contributed by atoms with van der Waals surface area (Å²) in [5, 5.41) is 0. The van der Waals surface area contributed by atoms with Crippen molar-refractivity contribution in [3.63, 3.8) is 0 Å². The molecule has 2 atom stereocenters. The highest BCUT2D eigenvalue weighted by molar-refractivity contribution is 7.89. The van der Waals surface area contributed by atoms with Gasteiger partial charge in [0.2, 0.25) is 15.9 Å². The van der Waals surface area contributed by atoms with Crippen molar-refractivity contribution in [2.45, 2.75) is 109 Å². The van der Waals surface area contributed by atoms with Crippen LogP contribution in [-0.4, -0.2) is 32.8 Å². The fourth-order valence-corrected chi connectivity index (χ4v) is 3.79. The van der Waals surface area contributed by atoms with Crippen LogP contribution in [0.15, 0.2) is 12.2 Å². The molecule has 0 unspecified atom stereocenters. The molecule has 0 bridgehead atoms. The first-order chi connectivity index (χ1) is 12.9. The van der Waals surface area contributed by atoms with Crippen molar-refractivity contribution < 1.29 is 17.9 Å². The van der Waals surface area contributed by atoms with Crippen LogP contribution >= 0.6 is 0 Å². The van der Waals surface area contributed by atoms with Crippen LogP contribution in [0.4, 0.5) is 0 Å². The van der Waals surface area contributed by atoms with Crippen molar-refractivity contribution in [2.75, 3.05) is 6.26 Å². The smallest absolute Gasteiger partial charge is 0.233 e. The lowest BCUT2D eigenvalue weighted by Gasteiger charge is -2.02. The zero-order valence-electron chi connectivity index (χ0n) is 17.3. The van der Waals surface area contributed by atoms with Crippen LogP contribution in [0.5, 0.6) is 0 Å². The van der Waals surface area contributed by atoms with Gasteiger partial charge in [-0.2, -0.15) is 0 Å². The van der Waals surface area contributed by atoms with Gasteiger partial charge in [-0.15, -0.1) is 0 Å². The molecule has 0 saturated carbocycles. The van der Waals surface area contributed by atoms with E-state index in [1.807, 2.05) is 4.72 Å². The average Bonchev–Trinajstić information content (AvgIpc) is 3.33. The topological polar surface area (TPSA) is 75.8 Å². The Kier molecular flexibility index (Phi) is 12.7. The first-order valence-corrected chi connectivity index (χ1v) is 12.6. The molecule has 0 aromatic heterocycles. The van der Waals surface area contributed by atoms with E-state index in [2.05, 4.69) is 19.1 Å². The molecule has 1 rings (SSSR count). The average molecular weight is 402 g/mol. The molecule has 0 aromatic carbocycles. The lowest BCUT2D eigenvalue weighted by atomic mass is 10.1. The second-order valence-corrected chi connectivity index (χ2v) is 9.48. The Morgan fingerprint density at radius 2 is 1.59 bits per heavy atom. The number of unbranched alkanes of at least 4 members (excludes halogenated alkanes) is 9. The molecule has 1 N–H and O–H groups in total. The van der Waals surface area contributed by atoms with Crippen molar-refractivity contribution in [3.8, 4) is 0 Å². The summed E-state index contributed by atoms with van der Waals surface area (Å²) >= 11 is 0. The van der Waals surface area contributed by atoms with Gasteiger partial charge < -0.3 is 4.74 Å². The van der Waals surface area contributed by atoms with Gasteiger partial charge in [-0.3, -0.25) is 9.52 Å². The molecule has 6 heteroatoms. The molecule has 5 nitrogen and oxygen atoms in total. The Hall–Kier alpha value is -0.880. The van der Waals surface area contributed by atoms with Gasteiger partial charge in [0.15, 0.2) is 0 Å². The molecule has 0 spiro atoms. The highest BCUT2D eigenvalue weighted by Gasteiger charge is 2.36. The largest absolute Gasteiger partial charge is 0.369 e. The molecule has 27 heavy (non-hydrogen) atoms. The standard InChI is InChI=1S/C21H39NO4S/c1-3-4-5-6-10-13-16-19-20(26-19)17-14-11-8-7-9-12-15-18-21(23)22-27(2,24)25/h11,14,19-20H,3-10,12-13,15-18H2,1-2H3,(H,22,23)/b14-11-/t19-,20-/m0/s1. The number of rotatable bonds is 17. The predicted octanol–water partition coefficient (Wildman–Crippen LogP) is 4.87. The molecule has 158 valence electrons. The van der Waals surface area contributed by atoms with E-state index in [-0.39, 0.29) is 6.42 Å². The van der Waals surface area contributed by atoms with E-state index in [1.165, 1.54) is 44.9 Å². The second-order valence-electron chi connectivity index (χ2n) is 7.73. The maximum Gasteiger partial charge on any atom is 0.233 e. The monoisotopic (exact) mass is 401 g/mol. The molecule has 1 aliphatic rings. The second kappa shape index (κ2) is 14.2. The highest BCUT2D eigenvalue weighted by atomic mass is 32.2. The van der Waals surface area contributed by atoms with Gasteiger partial charge in [0.1, 0.15) is 0 Å². The molecule has 0 aliphatic carbocycles. The molecular weight excluding hydrogens is 362 g/mol. The number of carbonyl (C=O) groups is 1. The number of hydrogen-bond donors (Lipinski definition) is 1. The zero-order valence-corrected chi connectivity index (χ0v) is 18.1. The Bertz CT molecular complexity index is 530. The van der Waals surface area contributed by atoms with Gasteiger partial charge in [-0.1, -0.05) is 70.4 Å². The van der Waals surface area contributed by atoms with Crippen LogP contribution in [-0.2, 0) is 19.6 Å². The predicted molar refractivity (Wildman–Crippen MR) is 111 cm³/mol. The summed E-state index contributed by atoms with van der Waals surface area (Å²) in [4.78, 5) is 11.3. The Balaban J connectivity index is 1.86. The number of ether oxygens (including phenoxy) is 1. The maximum atomic E-state index is 11.3. The summed E-state index contributed by atoms with van der Waals surface area (Å²) in [5.41, 5.74) is 0. The molecule has 0 radical (unpaired) electrons. The van der Waals surface area contributed by atoms with Crippen LogP contribution in [0.3, 0.4) is 0 Å². The van der Waals surface area contributed by atoms with Crippen LogP contribution in [0.2, 0.25) is 0 Å². The minimum absolute atomic E-state index is 0.280. The van der Waals surface area contributed by atoms with Crippen molar-refractivity contribution in [3.05, 3.63) is 12.2 Å². The summed E-state index contributed by atoms with van der Waals surface area (Å²) in [6.45, 7) is 2.25. The Morgan fingerprint density at radius 1 is 0.926 bits per heavy atom. The number of epoxide rings is 1. The van der Waals surface area contributed by atoms with E-state index < -0.39 is 15.9 Å². The molecule has 1 heterocycles. The summed E-state index contributed by atoms with van der Waals surface area (Å²) in [6, 6.07) is 0. The van der Waals surface area contributed by atoms with Gasteiger partial charge in [0.05, 0.1) is 18.5 Å². The third-order valence-electron chi connectivity index (χ3n) is 4.89. The van der Waals surface area contributed by atoms with Crippen molar-refractivity contribution >= 4 is 15.9 Å². The van der Waals surface area contributed by atoms with Crippen molar-refractivity contribution in [2.24, 2.45) is 0 Å². The van der Waals surface area contributed by atoms with Gasteiger partial charge in [0.25, 0.3) is 0 Å². The summed E-state index contributed by atoms with van der Waals surface area (Å²) in [7, 11) is -3.42. The number of allylic oxidation sites excluding steroid dienone is 1. The fraction of sp³-hybridized carbons (Fsp3) is 0.857. The van der Waals surface area contributed by atoms with E-state index in [0.29, 0.717) is 12.2 Å². The Morgan fingerprint density at radius 3 is 2.33 bits per heavy atom. The molecule has 1 amide bonds. The molecule has 1 aliphatic heterocycles. The quantitative estimate of drug-likeness (QED) is 0.214. The van der Waals surface area contributed by atoms with E-state index in [4.69, 9.17) is 4.74 Å². The zero-order chi connectivity index (χ0) is 20.0. The van der Waals surface area contributed by atoms with Crippen molar-refractivity contribution in [1.29, 1.82) is 0 Å². The van der Waals surface area contributed by atoms with Gasteiger partial charge in [-0.05, 0) is 32.1 Å². The molecule has 1 fully saturated rings. The minimum Gasteiger partial charge on any atom is -0.369 e. The van der Waals surface area contributed by atoms with Crippen LogP contribution in [0.25, 0.3) is 0 Å². The highest BCUT2D eigenvalue weighted by Crippen LogP contribution is 2.30. The molecule has 0 aromatic rings. The van der Waals surface area contributed by atoms with E-state index in [1.54, 1.807) is 0 Å². The summed E-state index contributed by atoms with van der Waals surface area (Å²) < 4.78 is 29.5. The number of carbonyl (C=O) groups excluding carboxylic acids is 1. The van der Waals surface area contributed by atoms with Crippen LogP contribution < -0.4 is 4.72 Å². The van der Waals surface area contributed by atoms with Gasteiger partial charge >= 0.3 is 0 Å². The minimum atomic E-state index is -3.42. The molecule has 1 saturated heterocycles. The van der Waals surface area contributed by atoms with Crippen LogP contribution in [0, 0.1) is 0 Å². The third-order valence-corrected chi connectivity index (χ3v) is 5.49. The van der Waals surface area contributed by atoms with E-state index >= 15 is 0 Å². The third kappa shape index (κ3) is 14.8. The molecular formula is C21H39NO4S. The summed E-state index contributed by atoms with van der Waals surface area (Å²) in [5.74, 6) is -0.405. The van der Waals surface area contributed by atoms with E-state index in [9.17, 15) is 13.2 Å². The Labute approximate surface area is 166 Å². The normalized spacial score (nSPS) is 19.5. The van der Waals surface area contributed by atoms with Gasteiger partial charge in [0, 0.05) is 6.42 Å². The first kappa shape index (κ1) is 24.2. The first-order valence-electron chi connectivity index (χ1n) is 10.7. The lowest BCUT2D eigenvalue weighted by molar-refractivity contribution is -0.119. The number of sulfonamides is 1. The number of amides is 1. The van der Waals surface area contributed by atoms with E-state index in [0.717, 1.165) is 44.8 Å². The summed E-state index contributed by atoms with van der Waals surface area (Å²) in [6.07, 6.45) is 22.0. The fourth-order valence-electron chi connectivity index (χ4n) is 3.27. The van der Waals surface area contributed by atoms with Crippen molar-refractivity contribution in [1.82, 2.24) is 4.72 Å². The van der Waals surface area contributed by atoms with Gasteiger partial charge in [-0.25, -0.2) is 8.42 Å². The number of hydrogen-bond acceptors (Lipinski definition) is 4. The van der Waals surface area contributed by atoms with Crippen LogP contribution in [0.1, 0.15) is 96.8 Å². The maximum absolute atomic E-state index is 11.3. The SMILES string of the molecule is CCCCCCCC[C@@H]1O[C@H]1C/C=C\CCCCCCC(=O)NS(C)(=O)=O. The number of nitrogens with one attached hydrogen (secondary N) is 1. The lowest BCUT2D eigenvalue weighted by Crippen LogP contribution is -2.28.